The average Bonchev–Trinajstić information content (AvgIpc) is 2.86. The molecule has 208 valence electrons. The van der Waals surface area contributed by atoms with Crippen molar-refractivity contribution in [2.75, 3.05) is 17.1 Å². The molecule has 2 aromatic carbocycles. The second-order valence-electron chi connectivity index (χ2n) is 9.40. The lowest BCUT2D eigenvalue weighted by Crippen LogP contribution is -2.54. The predicted molar refractivity (Wildman–Crippen MR) is 155 cm³/mol. The normalized spacial score (nSPS) is 15.1. The number of nitrogens with one attached hydrogen (secondary N) is 1. The first-order valence-corrected chi connectivity index (χ1v) is 15.7. The number of amides is 2. The minimum atomic E-state index is -3.97. The lowest BCUT2D eigenvalue weighted by atomic mass is 9.95. The summed E-state index contributed by atoms with van der Waals surface area (Å²) in [6, 6.07) is 8.78. The third kappa shape index (κ3) is 8.15. The Hall–Kier alpha value is -1.71. The fourth-order valence-electron chi connectivity index (χ4n) is 4.55. The van der Waals surface area contributed by atoms with Gasteiger partial charge in [0.15, 0.2) is 0 Å². The summed E-state index contributed by atoms with van der Waals surface area (Å²) >= 11 is 24.5. The van der Waals surface area contributed by atoms with Crippen LogP contribution in [-0.4, -0.2) is 50.0 Å². The molecule has 1 aliphatic rings. The van der Waals surface area contributed by atoms with E-state index in [0.717, 1.165) is 48.2 Å². The second-order valence-corrected chi connectivity index (χ2v) is 13.0. The van der Waals surface area contributed by atoms with Crippen LogP contribution in [0.5, 0.6) is 0 Å². The van der Waals surface area contributed by atoms with Crippen LogP contribution in [0, 0.1) is 0 Å². The molecule has 1 atom stereocenters. The molecule has 0 spiro atoms. The Labute approximate surface area is 244 Å². The maximum absolute atomic E-state index is 13.8. The van der Waals surface area contributed by atoms with E-state index in [9.17, 15) is 18.0 Å². The number of hydrogen-bond acceptors (Lipinski definition) is 4. The van der Waals surface area contributed by atoms with Gasteiger partial charge in [-0.1, -0.05) is 84.7 Å². The molecule has 0 radical (unpaired) electrons. The Morgan fingerprint density at radius 1 is 0.974 bits per heavy atom. The van der Waals surface area contributed by atoms with Gasteiger partial charge in [0.05, 0.1) is 27.0 Å². The molecule has 0 heterocycles. The zero-order valence-corrected chi connectivity index (χ0v) is 25.1. The fourth-order valence-corrected chi connectivity index (χ4v) is 6.22. The van der Waals surface area contributed by atoms with Crippen molar-refractivity contribution >= 4 is 73.9 Å². The van der Waals surface area contributed by atoms with E-state index in [1.54, 1.807) is 24.3 Å². The lowest BCUT2D eigenvalue weighted by molar-refractivity contribution is -0.140. The van der Waals surface area contributed by atoms with E-state index in [2.05, 4.69) is 5.32 Å². The zero-order chi connectivity index (χ0) is 28.0. The zero-order valence-electron chi connectivity index (χ0n) is 21.2. The largest absolute Gasteiger partial charge is 0.352 e. The number of hydrogen-bond donors (Lipinski definition) is 1. The Bertz CT molecular complexity index is 1250. The van der Waals surface area contributed by atoms with Crippen LogP contribution in [-0.2, 0) is 26.2 Å². The maximum Gasteiger partial charge on any atom is 0.244 e. The molecule has 2 amide bonds. The summed E-state index contributed by atoms with van der Waals surface area (Å²) in [4.78, 5) is 28.6. The summed E-state index contributed by atoms with van der Waals surface area (Å²) in [7, 11) is -3.97. The first-order valence-electron chi connectivity index (χ1n) is 12.4. The van der Waals surface area contributed by atoms with E-state index in [0.29, 0.717) is 11.4 Å². The molecule has 0 unspecified atom stereocenters. The molecule has 0 aliphatic heterocycles. The van der Waals surface area contributed by atoms with E-state index in [4.69, 9.17) is 46.4 Å². The Morgan fingerprint density at radius 3 is 2.16 bits per heavy atom. The number of nitrogens with zero attached hydrogens (tertiary/aromatic N) is 2. The minimum absolute atomic E-state index is 0.0167. The quantitative estimate of drug-likeness (QED) is 0.314. The van der Waals surface area contributed by atoms with Crippen LogP contribution in [0.1, 0.15) is 51.0 Å². The van der Waals surface area contributed by atoms with Gasteiger partial charge >= 0.3 is 0 Å². The van der Waals surface area contributed by atoms with Gasteiger partial charge in [-0.05, 0) is 49.1 Å². The molecular formula is C26H31Cl4N3O4S. The Morgan fingerprint density at radius 2 is 1.58 bits per heavy atom. The number of benzene rings is 2. The van der Waals surface area contributed by atoms with Crippen LogP contribution in [0.3, 0.4) is 0 Å². The summed E-state index contributed by atoms with van der Waals surface area (Å²) in [6.07, 6.45) is 6.32. The molecule has 1 saturated carbocycles. The summed E-state index contributed by atoms with van der Waals surface area (Å²) in [5.41, 5.74) is 0.758. The van der Waals surface area contributed by atoms with Gasteiger partial charge in [-0.15, -0.1) is 0 Å². The van der Waals surface area contributed by atoms with Crippen molar-refractivity contribution in [2.24, 2.45) is 0 Å². The summed E-state index contributed by atoms with van der Waals surface area (Å²) in [5, 5.41) is 3.88. The molecule has 38 heavy (non-hydrogen) atoms. The van der Waals surface area contributed by atoms with Gasteiger partial charge in [0.25, 0.3) is 0 Å². The van der Waals surface area contributed by atoms with E-state index < -0.39 is 28.5 Å². The van der Waals surface area contributed by atoms with Crippen LogP contribution in [0.4, 0.5) is 5.69 Å². The van der Waals surface area contributed by atoms with Crippen molar-refractivity contribution in [2.45, 2.75) is 64.1 Å². The molecule has 0 aromatic heterocycles. The lowest BCUT2D eigenvalue weighted by Gasteiger charge is -2.34. The Kier molecular flexibility index (Phi) is 11.0. The fraction of sp³-hybridized carbons (Fsp3) is 0.462. The molecular weight excluding hydrogens is 592 g/mol. The summed E-state index contributed by atoms with van der Waals surface area (Å²) in [5.74, 6) is -0.835. The van der Waals surface area contributed by atoms with Crippen LogP contribution in [0.2, 0.25) is 20.1 Å². The summed E-state index contributed by atoms with van der Waals surface area (Å²) in [6.45, 7) is 1.31. The predicted octanol–water partition coefficient (Wildman–Crippen LogP) is 6.32. The van der Waals surface area contributed by atoms with Gasteiger partial charge in [-0.3, -0.25) is 13.9 Å². The van der Waals surface area contributed by atoms with Crippen molar-refractivity contribution < 1.29 is 18.0 Å². The molecule has 2 aromatic rings. The molecule has 3 rings (SSSR count). The van der Waals surface area contributed by atoms with Crippen molar-refractivity contribution in [1.29, 1.82) is 0 Å². The van der Waals surface area contributed by atoms with Gasteiger partial charge in [-0.25, -0.2) is 8.42 Å². The first kappa shape index (κ1) is 30.8. The van der Waals surface area contributed by atoms with E-state index in [-0.39, 0.29) is 39.2 Å². The first-order chi connectivity index (χ1) is 17.9. The smallest absolute Gasteiger partial charge is 0.244 e. The average molecular weight is 623 g/mol. The molecule has 1 aliphatic carbocycles. The number of rotatable bonds is 10. The van der Waals surface area contributed by atoms with Crippen molar-refractivity contribution in [3.05, 3.63) is 62.1 Å². The van der Waals surface area contributed by atoms with Gasteiger partial charge < -0.3 is 10.2 Å². The Balaban J connectivity index is 1.95. The third-order valence-corrected chi connectivity index (χ3v) is 8.94. The van der Waals surface area contributed by atoms with Crippen molar-refractivity contribution in [3.8, 4) is 0 Å². The highest BCUT2D eigenvalue weighted by molar-refractivity contribution is 7.92. The monoisotopic (exact) mass is 621 g/mol. The van der Waals surface area contributed by atoms with E-state index >= 15 is 0 Å². The third-order valence-electron chi connectivity index (χ3n) is 6.54. The van der Waals surface area contributed by atoms with Crippen LogP contribution in [0.15, 0.2) is 36.4 Å². The minimum Gasteiger partial charge on any atom is -0.352 e. The molecule has 0 bridgehead atoms. The number of carbonyl (C=O) groups excluding carboxylic acids is 2. The van der Waals surface area contributed by atoms with E-state index in [1.165, 1.54) is 17.0 Å². The van der Waals surface area contributed by atoms with Gasteiger partial charge in [0.2, 0.25) is 21.8 Å². The molecule has 1 fully saturated rings. The van der Waals surface area contributed by atoms with Crippen LogP contribution in [0.25, 0.3) is 0 Å². The highest BCUT2D eigenvalue weighted by Gasteiger charge is 2.33. The SMILES string of the molecule is CC[C@@H](C(=O)NC1CCCCC1)N(Cc1ccc(Cl)cc1)C(=O)CN(c1cc(Cl)c(Cl)cc1Cl)S(C)(=O)=O. The van der Waals surface area contributed by atoms with Gasteiger partial charge in [0.1, 0.15) is 12.6 Å². The number of anilines is 1. The topological polar surface area (TPSA) is 86.8 Å². The van der Waals surface area contributed by atoms with Crippen LogP contribution >= 0.6 is 46.4 Å². The second kappa shape index (κ2) is 13.6. The standard InChI is InChI=1S/C26H31Cl4N3O4S/c1-3-23(26(35)31-19-7-5-4-6-8-19)32(15-17-9-11-18(27)12-10-17)25(34)16-33(38(2,36)37)24-14-21(29)20(28)13-22(24)30/h9-14,19,23H,3-8,15-16H2,1-2H3,(H,31,35)/t23-/m0/s1. The summed E-state index contributed by atoms with van der Waals surface area (Å²) < 4.78 is 26.5. The molecule has 7 nitrogen and oxygen atoms in total. The number of halogens is 4. The maximum atomic E-state index is 13.8. The molecule has 0 saturated heterocycles. The van der Waals surface area contributed by atoms with Gasteiger partial charge in [-0.2, -0.15) is 0 Å². The van der Waals surface area contributed by atoms with Crippen LogP contribution < -0.4 is 9.62 Å². The number of sulfonamides is 1. The van der Waals surface area contributed by atoms with Crippen molar-refractivity contribution in [1.82, 2.24) is 10.2 Å². The highest BCUT2D eigenvalue weighted by Crippen LogP contribution is 2.35. The van der Waals surface area contributed by atoms with E-state index in [1.807, 2.05) is 6.92 Å². The molecule has 12 heteroatoms. The molecule has 1 N–H and O–H groups in total. The number of carbonyl (C=O) groups is 2. The highest BCUT2D eigenvalue weighted by atomic mass is 35.5. The van der Waals surface area contributed by atoms with Gasteiger partial charge in [0, 0.05) is 17.6 Å². The van der Waals surface area contributed by atoms with Crippen molar-refractivity contribution in [3.63, 3.8) is 0 Å².